The quantitative estimate of drug-likeness (QED) is 0.764. The summed E-state index contributed by atoms with van der Waals surface area (Å²) in [7, 11) is 0. The second-order valence-corrected chi connectivity index (χ2v) is 5.57. The van der Waals surface area contributed by atoms with Crippen LogP contribution in [-0.2, 0) is 14.4 Å². The first-order chi connectivity index (χ1) is 9.93. The van der Waals surface area contributed by atoms with Crippen LogP contribution in [0.15, 0.2) is 17.5 Å². The normalized spacial score (nSPS) is 11.7. The van der Waals surface area contributed by atoms with Crippen LogP contribution in [0.3, 0.4) is 0 Å². The maximum Gasteiger partial charge on any atom is 0.305 e. The lowest BCUT2D eigenvalue weighted by Crippen LogP contribution is -2.36. The molecule has 1 aromatic heterocycles. The van der Waals surface area contributed by atoms with Crippen LogP contribution >= 0.6 is 11.3 Å². The fraction of sp³-hybridized carbons (Fsp3) is 0.500. The number of amides is 2. The summed E-state index contributed by atoms with van der Waals surface area (Å²) in [5.41, 5.74) is 0. The van der Waals surface area contributed by atoms with Crippen LogP contribution < -0.4 is 5.32 Å². The first-order valence-corrected chi connectivity index (χ1v) is 7.62. The van der Waals surface area contributed by atoms with Crippen molar-refractivity contribution in [3.8, 4) is 0 Å². The second-order valence-electron chi connectivity index (χ2n) is 4.59. The number of carboxylic acid groups (broad SMARTS) is 1. The van der Waals surface area contributed by atoms with E-state index in [0.29, 0.717) is 6.54 Å². The third-order valence-electron chi connectivity index (χ3n) is 2.97. The lowest BCUT2D eigenvalue weighted by Gasteiger charge is -2.23. The van der Waals surface area contributed by atoms with E-state index >= 15 is 0 Å². The van der Waals surface area contributed by atoms with Crippen molar-refractivity contribution < 1.29 is 19.5 Å². The molecule has 2 amide bonds. The zero-order chi connectivity index (χ0) is 15.8. The van der Waals surface area contributed by atoms with Crippen molar-refractivity contribution in [2.24, 2.45) is 0 Å². The van der Waals surface area contributed by atoms with E-state index in [1.165, 1.54) is 23.2 Å². The average Bonchev–Trinajstić information content (AvgIpc) is 2.91. The molecular formula is C14H20N2O4S. The Balaban J connectivity index is 2.70. The molecule has 1 unspecified atom stereocenters. The highest BCUT2D eigenvalue weighted by atomic mass is 32.1. The molecule has 0 aliphatic rings. The molecule has 1 aromatic rings. The predicted octanol–water partition coefficient (Wildman–Crippen LogP) is 1.64. The van der Waals surface area contributed by atoms with Gasteiger partial charge in [-0.2, -0.15) is 0 Å². The Kier molecular flexibility index (Phi) is 6.87. The largest absolute Gasteiger partial charge is 0.481 e. The SMILES string of the molecule is CCN(CCC(=O)O)C(=O)CC(NC(C)=O)c1cccs1. The van der Waals surface area contributed by atoms with Gasteiger partial charge in [-0.3, -0.25) is 14.4 Å². The number of hydrogen-bond acceptors (Lipinski definition) is 4. The Hall–Kier alpha value is -1.89. The topological polar surface area (TPSA) is 86.7 Å². The van der Waals surface area contributed by atoms with Gasteiger partial charge in [0, 0.05) is 24.9 Å². The number of hydrogen-bond donors (Lipinski definition) is 2. The minimum Gasteiger partial charge on any atom is -0.481 e. The van der Waals surface area contributed by atoms with Gasteiger partial charge in [-0.1, -0.05) is 6.07 Å². The molecule has 1 heterocycles. The number of thiophene rings is 1. The number of nitrogens with one attached hydrogen (secondary N) is 1. The zero-order valence-corrected chi connectivity index (χ0v) is 13.0. The molecule has 21 heavy (non-hydrogen) atoms. The lowest BCUT2D eigenvalue weighted by atomic mass is 10.1. The van der Waals surface area contributed by atoms with E-state index in [-0.39, 0.29) is 37.2 Å². The van der Waals surface area contributed by atoms with Crippen LogP contribution in [0, 0.1) is 0 Å². The Morgan fingerprint density at radius 2 is 2.14 bits per heavy atom. The van der Waals surface area contributed by atoms with E-state index in [4.69, 9.17) is 5.11 Å². The van der Waals surface area contributed by atoms with E-state index in [1.54, 1.807) is 6.92 Å². The maximum absolute atomic E-state index is 12.3. The summed E-state index contributed by atoms with van der Waals surface area (Å²) < 4.78 is 0. The molecule has 2 N–H and O–H groups in total. The van der Waals surface area contributed by atoms with E-state index < -0.39 is 5.97 Å². The highest BCUT2D eigenvalue weighted by Crippen LogP contribution is 2.22. The number of rotatable bonds is 8. The minimum absolute atomic E-state index is 0.0800. The number of carbonyl (C=O) groups excluding carboxylic acids is 2. The predicted molar refractivity (Wildman–Crippen MR) is 80.0 cm³/mol. The Morgan fingerprint density at radius 1 is 1.43 bits per heavy atom. The van der Waals surface area contributed by atoms with E-state index in [1.807, 2.05) is 17.5 Å². The summed E-state index contributed by atoms with van der Waals surface area (Å²) in [6.07, 6.45) is 0.0525. The van der Waals surface area contributed by atoms with Gasteiger partial charge in [0.15, 0.2) is 0 Å². The van der Waals surface area contributed by atoms with Crippen molar-refractivity contribution in [3.05, 3.63) is 22.4 Å². The van der Waals surface area contributed by atoms with Crippen LogP contribution in [0.5, 0.6) is 0 Å². The van der Waals surface area contributed by atoms with Gasteiger partial charge in [-0.05, 0) is 18.4 Å². The maximum atomic E-state index is 12.3. The summed E-state index contributed by atoms with van der Waals surface area (Å²) in [5, 5.41) is 13.3. The van der Waals surface area contributed by atoms with E-state index in [0.717, 1.165) is 4.88 Å². The van der Waals surface area contributed by atoms with Crippen molar-refractivity contribution in [3.63, 3.8) is 0 Å². The summed E-state index contributed by atoms with van der Waals surface area (Å²) in [6.45, 7) is 3.84. The highest BCUT2D eigenvalue weighted by Gasteiger charge is 2.21. The number of carboxylic acids is 1. The summed E-state index contributed by atoms with van der Waals surface area (Å²) >= 11 is 1.47. The molecule has 0 bridgehead atoms. The third kappa shape index (κ3) is 5.95. The summed E-state index contributed by atoms with van der Waals surface area (Å²) in [5.74, 6) is -1.29. The van der Waals surface area contributed by atoms with Gasteiger partial charge in [-0.15, -0.1) is 11.3 Å². The Morgan fingerprint density at radius 3 is 2.62 bits per heavy atom. The smallest absolute Gasteiger partial charge is 0.305 e. The molecule has 0 aromatic carbocycles. The van der Waals surface area contributed by atoms with Crippen LogP contribution in [0.1, 0.15) is 37.6 Å². The molecule has 1 atom stereocenters. The number of aliphatic carboxylic acids is 1. The van der Waals surface area contributed by atoms with Gasteiger partial charge in [0.1, 0.15) is 0 Å². The molecule has 0 fully saturated rings. The minimum atomic E-state index is -0.932. The summed E-state index contributed by atoms with van der Waals surface area (Å²) in [6, 6.07) is 3.36. The van der Waals surface area contributed by atoms with Gasteiger partial charge in [-0.25, -0.2) is 0 Å². The highest BCUT2D eigenvalue weighted by molar-refractivity contribution is 7.10. The third-order valence-corrected chi connectivity index (χ3v) is 3.96. The molecular weight excluding hydrogens is 292 g/mol. The van der Waals surface area contributed by atoms with Crippen molar-refractivity contribution >= 4 is 29.1 Å². The molecule has 1 rings (SSSR count). The Bertz CT molecular complexity index is 487. The van der Waals surface area contributed by atoms with Crippen molar-refractivity contribution in [2.45, 2.75) is 32.7 Å². The molecule has 0 aliphatic heterocycles. The van der Waals surface area contributed by atoms with Crippen molar-refractivity contribution in [1.29, 1.82) is 0 Å². The molecule has 0 spiro atoms. The van der Waals surface area contributed by atoms with Gasteiger partial charge >= 0.3 is 5.97 Å². The first-order valence-electron chi connectivity index (χ1n) is 6.74. The average molecular weight is 312 g/mol. The number of carbonyl (C=O) groups is 3. The van der Waals surface area contributed by atoms with Crippen LogP contribution in [-0.4, -0.2) is 40.9 Å². The molecule has 6 nitrogen and oxygen atoms in total. The standard InChI is InChI=1S/C14H20N2O4S/c1-3-16(7-6-14(19)20)13(18)9-11(15-10(2)17)12-5-4-8-21-12/h4-5,8,11H,3,6-7,9H2,1-2H3,(H,15,17)(H,19,20). The fourth-order valence-corrected chi connectivity index (χ4v) is 2.73. The first kappa shape index (κ1) is 17.2. The van der Waals surface area contributed by atoms with E-state index in [2.05, 4.69) is 5.32 Å². The van der Waals surface area contributed by atoms with Crippen LogP contribution in [0.25, 0.3) is 0 Å². The summed E-state index contributed by atoms with van der Waals surface area (Å²) in [4.78, 5) is 36.5. The molecule has 116 valence electrons. The lowest BCUT2D eigenvalue weighted by molar-refractivity contribution is -0.138. The van der Waals surface area contributed by atoms with Crippen LogP contribution in [0.4, 0.5) is 0 Å². The molecule has 0 saturated carbocycles. The fourth-order valence-electron chi connectivity index (χ4n) is 1.95. The molecule has 0 saturated heterocycles. The van der Waals surface area contributed by atoms with Gasteiger partial charge in [0.2, 0.25) is 11.8 Å². The van der Waals surface area contributed by atoms with Crippen molar-refractivity contribution in [1.82, 2.24) is 10.2 Å². The monoisotopic (exact) mass is 312 g/mol. The van der Waals surface area contributed by atoms with Crippen LogP contribution in [0.2, 0.25) is 0 Å². The Labute approximate surface area is 127 Å². The number of nitrogens with zero attached hydrogens (tertiary/aromatic N) is 1. The molecule has 0 aliphatic carbocycles. The molecule has 0 radical (unpaired) electrons. The van der Waals surface area contributed by atoms with Gasteiger partial charge < -0.3 is 15.3 Å². The van der Waals surface area contributed by atoms with Gasteiger partial charge in [0.05, 0.1) is 18.9 Å². The molecule has 7 heteroatoms. The van der Waals surface area contributed by atoms with E-state index in [9.17, 15) is 14.4 Å². The zero-order valence-electron chi connectivity index (χ0n) is 12.2. The van der Waals surface area contributed by atoms with Crippen molar-refractivity contribution in [2.75, 3.05) is 13.1 Å². The van der Waals surface area contributed by atoms with Gasteiger partial charge in [0.25, 0.3) is 0 Å². The second kappa shape index (κ2) is 8.41.